The predicted molar refractivity (Wildman–Crippen MR) is 241 cm³/mol. The zero-order valence-electron chi connectivity index (χ0n) is 33.2. The van der Waals surface area contributed by atoms with E-state index in [0.717, 1.165) is 67.3 Å². The Bertz CT molecular complexity index is 3280. The fraction of sp³-hybridized carbons (Fsp3) is 0.0185. The second kappa shape index (κ2) is 15.7. The first kappa shape index (κ1) is 38.5. The molecule has 8 aromatic carbocycles. The van der Waals surface area contributed by atoms with Gasteiger partial charge in [-0.25, -0.2) is 15.0 Å². The number of fused-ring (bicyclic) bond motifs is 3. The van der Waals surface area contributed by atoms with Crippen LogP contribution in [0, 0.1) is 22.7 Å². The maximum atomic E-state index is 13.9. The molecule has 10 rings (SSSR count). The summed E-state index contributed by atoms with van der Waals surface area (Å²) in [4.78, 5) is 14.9. The lowest BCUT2D eigenvalue weighted by atomic mass is 9.99. The van der Waals surface area contributed by atoms with Crippen LogP contribution in [0.3, 0.4) is 0 Å². The van der Waals surface area contributed by atoms with E-state index in [1.807, 2.05) is 127 Å². The van der Waals surface area contributed by atoms with E-state index < -0.39 is 11.7 Å². The lowest BCUT2D eigenvalue weighted by Crippen LogP contribution is -2.04. The van der Waals surface area contributed by atoms with Crippen molar-refractivity contribution in [3.8, 4) is 85.4 Å². The van der Waals surface area contributed by atoms with E-state index in [1.165, 1.54) is 12.1 Å². The molecule has 6 nitrogen and oxygen atoms in total. The van der Waals surface area contributed by atoms with Crippen LogP contribution in [0.25, 0.3) is 95.0 Å². The molecule has 0 radical (unpaired) electrons. The highest BCUT2D eigenvalue weighted by atomic mass is 19.4. The van der Waals surface area contributed by atoms with E-state index in [1.54, 1.807) is 12.1 Å². The van der Waals surface area contributed by atoms with Crippen LogP contribution in [0.15, 0.2) is 188 Å². The maximum absolute atomic E-state index is 13.9. The summed E-state index contributed by atoms with van der Waals surface area (Å²) in [5.41, 5.74) is 9.57. The molecule has 0 saturated carbocycles. The molecule has 0 aliphatic rings. The third kappa shape index (κ3) is 7.35. The number of nitriles is 2. The van der Waals surface area contributed by atoms with Crippen molar-refractivity contribution in [3.63, 3.8) is 0 Å². The molecule has 298 valence electrons. The van der Waals surface area contributed by atoms with Gasteiger partial charge in [-0.2, -0.15) is 23.7 Å². The van der Waals surface area contributed by atoms with Gasteiger partial charge in [0.25, 0.3) is 0 Å². The smallest absolute Gasteiger partial charge is 0.309 e. The van der Waals surface area contributed by atoms with E-state index >= 15 is 0 Å². The summed E-state index contributed by atoms with van der Waals surface area (Å²) in [5, 5.41) is 21.4. The van der Waals surface area contributed by atoms with Crippen molar-refractivity contribution in [1.29, 1.82) is 10.5 Å². The lowest BCUT2D eigenvalue weighted by Gasteiger charge is -2.17. The normalized spacial score (nSPS) is 11.4. The van der Waals surface area contributed by atoms with E-state index in [0.29, 0.717) is 51.0 Å². The second-order valence-corrected chi connectivity index (χ2v) is 15.0. The van der Waals surface area contributed by atoms with E-state index in [4.69, 9.17) is 15.0 Å². The zero-order valence-corrected chi connectivity index (χ0v) is 33.2. The Morgan fingerprint density at radius 3 is 1.30 bits per heavy atom. The van der Waals surface area contributed by atoms with E-state index in [-0.39, 0.29) is 0 Å². The van der Waals surface area contributed by atoms with Crippen molar-refractivity contribution in [2.75, 3.05) is 0 Å². The largest absolute Gasteiger partial charge is 0.416 e. The number of halogens is 3. The summed E-state index contributed by atoms with van der Waals surface area (Å²) < 4.78 is 43.9. The zero-order chi connectivity index (χ0) is 43.1. The fourth-order valence-corrected chi connectivity index (χ4v) is 8.05. The van der Waals surface area contributed by atoms with Crippen molar-refractivity contribution in [2.45, 2.75) is 6.18 Å². The Hall–Kier alpha value is -8.66. The van der Waals surface area contributed by atoms with Gasteiger partial charge >= 0.3 is 6.18 Å². The Labute approximate surface area is 360 Å². The van der Waals surface area contributed by atoms with Crippen molar-refractivity contribution in [1.82, 2.24) is 19.5 Å². The third-order valence-electron chi connectivity index (χ3n) is 11.1. The number of hydrogen-bond donors (Lipinski definition) is 0. The van der Waals surface area contributed by atoms with Crippen LogP contribution in [0.5, 0.6) is 0 Å². The molecular weight excluding hydrogens is 790 g/mol. The number of nitrogens with zero attached hydrogens (tertiary/aromatic N) is 6. The third-order valence-corrected chi connectivity index (χ3v) is 11.1. The summed E-state index contributed by atoms with van der Waals surface area (Å²) in [6.07, 6.45) is -4.51. The molecule has 0 unspecified atom stereocenters. The molecule has 0 amide bonds. The van der Waals surface area contributed by atoms with Gasteiger partial charge in [-0.3, -0.25) is 0 Å². The molecule has 0 aliphatic carbocycles. The van der Waals surface area contributed by atoms with E-state index in [2.05, 4.69) is 41.0 Å². The molecule has 0 spiro atoms. The summed E-state index contributed by atoms with van der Waals surface area (Å²) in [5.74, 6) is 1.38. The van der Waals surface area contributed by atoms with Gasteiger partial charge in [0, 0.05) is 33.0 Å². The topological polar surface area (TPSA) is 91.2 Å². The molecule has 0 fully saturated rings. The first-order chi connectivity index (χ1) is 30.7. The lowest BCUT2D eigenvalue weighted by molar-refractivity contribution is -0.137. The van der Waals surface area contributed by atoms with Gasteiger partial charge in [0.2, 0.25) is 0 Å². The van der Waals surface area contributed by atoms with Crippen LogP contribution >= 0.6 is 0 Å². The van der Waals surface area contributed by atoms with Crippen molar-refractivity contribution in [2.24, 2.45) is 0 Å². The van der Waals surface area contributed by atoms with E-state index in [9.17, 15) is 23.7 Å². The number of aromatic nitrogens is 4. The summed E-state index contributed by atoms with van der Waals surface area (Å²) in [6.45, 7) is 0. The Kier molecular flexibility index (Phi) is 9.63. The van der Waals surface area contributed by atoms with Crippen LogP contribution in [-0.4, -0.2) is 19.5 Å². The highest BCUT2D eigenvalue weighted by Crippen LogP contribution is 2.42. The Morgan fingerprint density at radius 2 is 0.825 bits per heavy atom. The second-order valence-electron chi connectivity index (χ2n) is 15.0. The quantitative estimate of drug-likeness (QED) is 0.160. The Balaban J connectivity index is 1.28. The summed E-state index contributed by atoms with van der Waals surface area (Å²) in [6, 6.07) is 62.0. The number of benzene rings is 8. The summed E-state index contributed by atoms with van der Waals surface area (Å²) in [7, 11) is 0. The minimum Gasteiger partial charge on any atom is -0.309 e. The SMILES string of the molecule is N#Cc1cccc(-c2ccc3c4ccc(-c5cccc(C#N)c5)cc4n(-c4cc(-c5nc(-c6ccccc6)nc(-c6ccccc6)n5)ccc4-c4ccc(C(F)(F)F)cc4)c3c2)c1. The fourth-order valence-electron chi connectivity index (χ4n) is 8.05. The van der Waals surface area contributed by atoms with Crippen LogP contribution < -0.4 is 0 Å². The molecule has 10 aromatic rings. The average Bonchev–Trinajstić information content (AvgIpc) is 3.66. The molecule has 2 heterocycles. The number of hydrogen-bond acceptors (Lipinski definition) is 5. The Morgan fingerprint density at radius 1 is 0.397 bits per heavy atom. The molecular formula is C54H31F3N6. The molecule has 0 N–H and O–H groups in total. The van der Waals surface area contributed by atoms with Gasteiger partial charge in [0.15, 0.2) is 17.5 Å². The molecule has 9 heteroatoms. The first-order valence-corrected chi connectivity index (χ1v) is 20.0. The van der Waals surface area contributed by atoms with Crippen LogP contribution in [-0.2, 0) is 6.18 Å². The average molecular weight is 821 g/mol. The van der Waals surface area contributed by atoms with Crippen LogP contribution in [0.2, 0.25) is 0 Å². The summed E-state index contributed by atoms with van der Waals surface area (Å²) >= 11 is 0. The van der Waals surface area contributed by atoms with Crippen LogP contribution in [0.4, 0.5) is 13.2 Å². The van der Waals surface area contributed by atoms with Gasteiger partial charge in [-0.05, 0) is 82.4 Å². The molecule has 2 aromatic heterocycles. The maximum Gasteiger partial charge on any atom is 0.416 e. The van der Waals surface area contributed by atoms with Gasteiger partial charge in [0.05, 0.1) is 45.5 Å². The molecule has 0 aliphatic heterocycles. The number of alkyl halides is 3. The predicted octanol–water partition coefficient (Wildman–Crippen LogP) is 13.7. The molecule has 0 atom stereocenters. The van der Waals surface area contributed by atoms with Gasteiger partial charge in [-0.1, -0.05) is 133 Å². The monoisotopic (exact) mass is 820 g/mol. The van der Waals surface area contributed by atoms with Gasteiger partial charge in [-0.15, -0.1) is 0 Å². The van der Waals surface area contributed by atoms with Crippen molar-refractivity contribution >= 4 is 21.8 Å². The highest BCUT2D eigenvalue weighted by molar-refractivity contribution is 6.12. The van der Waals surface area contributed by atoms with Crippen molar-refractivity contribution < 1.29 is 13.2 Å². The first-order valence-electron chi connectivity index (χ1n) is 20.0. The standard InChI is InChI=1S/C54H31F3N6/c55-54(56,57)44-22-17-36(18-23-44)45-24-21-43(53-61-51(37-11-3-1-4-12-37)60-52(62-53)38-13-5-2-6-14-38)31-48(45)63-49-29-41(39-15-7-9-34(27-39)32-58)19-25-46(49)47-26-20-42(30-50(47)63)40-16-8-10-35(28-40)33-59/h1-31H. The molecule has 0 bridgehead atoms. The van der Waals surface area contributed by atoms with Crippen molar-refractivity contribution in [3.05, 3.63) is 205 Å². The van der Waals surface area contributed by atoms with Crippen LogP contribution in [0.1, 0.15) is 16.7 Å². The number of rotatable bonds is 7. The molecule has 63 heavy (non-hydrogen) atoms. The minimum atomic E-state index is -4.51. The van der Waals surface area contributed by atoms with Gasteiger partial charge in [0.1, 0.15) is 0 Å². The highest BCUT2D eigenvalue weighted by Gasteiger charge is 2.30. The molecule has 0 saturated heterocycles. The van der Waals surface area contributed by atoms with Gasteiger partial charge < -0.3 is 4.57 Å². The minimum absolute atomic E-state index is 0.409.